The van der Waals surface area contributed by atoms with Gasteiger partial charge in [0.2, 0.25) is 0 Å². The summed E-state index contributed by atoms with van der Waals surface area (Å²) in [6, 6.07) is 7.35. The van der Waals surface area contributed by atoms with E-state index >= 15 is 0 Å². The Morgan fingerprint density at radius 3 is 3.12 bits per heavy atom. The zero-order chi connectivity index (χ0) is 11.7. The van der Waals surface area contributed by atoms with Crippen molar-refractivity contribution in [3.8, 4) is 0 Å². The standard InChI is InChI=1S/C11H9N3O3/c15-10(16-11-12-5-6-13-11)9-7-3-1-2-4-8(7)17-14-9/h1-4H,5-6H2,(H,12,13). The average Bonchev–Trinajstić information content (AvgIpc) is 2.96. The van der Waals surface area contributed by atoms with Crippen molar-refractivity contribution in [2.75, 3.05) is 13.1 Å². The number of aliphatic imine (C=N–C) groups is 1. The number of hydrogen-bond acceptors (Lipinski definition) is 6. The van der Waals surface area contributed by atoms with Crippen LogP contribution in [0.5, 0.6) is 0 Å². The van der Waals surface area contributed by atoms with Gasteiger partial charge in [-0.05, 0) is 12.1 Å². The van der Waals surface area contributed by atoms with Gasteiger partial charge in [-0.3, -0.25) is 0 Å². The molecule has 0 aliphatic carbocycles. The molecule has 1 aromatic carbocycles. The number of aromatic nitrogens is 1. The van der Waals surface area contributed by atoms with Crippen molar-refractivity contribution in [2.45, 2.75) is 0 Å². The molecule has 0 saturated heterocycles. The molecule has 86 valence electrons. The van der Waals surface area contributed by atoms with Crippen LogP contribution in [-0.2, 0) is 4.74 Å². The average molecular weight is 231 g/mol. The molecule has 0 atom stereocenters. The molecule has 6 heteroatoms. The Labute approximate surface area is 96.3 Å². The van der Waals surface area contributed by atoms with Gasteiger partial charge in [0.1, 0.15) is 0 Å². The maximum absolute atomic E-state index is 11.8. The Balaban J connectivity index is 1.90. The van der Waals surface area contributed by atoms with Crippen LogP contribution in [0.15, 0.2) is 33.8 Å². The second-order valence-corrected chi connectivity index (χ2v) is 3.53. The van der Waals surface area contributed by atoms with Crippen LogP contribution in [0.3, 0.4) is 0 Å². The molecule has 1 aliphatic heterocycles. The van der Waals surface area contributed by atoms with E-state index in [0.717, 1.165) is 0 Å². The minimum atomic E-state index is -0.567. The Hall–Kier alpha value is -2.37. The SMILES string of the molecule is O=C(OC1=NCCN1)c1noc2ccccc12. The molecule has 1 aromatic heterocycles. The lowest BCUT2D eigenvalue weighted by Gasteiger charge is -2.00. The predicted octanol–water partition coefficient (Wildman–Crippen LogP) is 0.944. The van der Waals surface area contributed by atoms with Gasteiger partial charge in [0, 0.05) is 6.54 Å². The maximum atomic E-state index is 11.8. The predicted molar refractivity (Wildman–Crippen MR) is 59.7 cm³/mol. The Bertz CT molecular complexity index is 603. The summed E-state index contributed by atoms with van der Waals surface area (Å²) >= 11 is 0. The third kappa shape index (κ3) is 1.73. The van der Waals surface area contributed by atoms with E-state index in [1.54, 1.807) is 12.1 Å². The number of carbonyl (C=O) groups is 1. The number of ether oxygens (including phenoxy) is 1. The minimum absolute atomic E-state index is 0.164. The van der Waals surface area contributed by atoms with Crippen molar-refractivity contribution in [1.82, 2.24) is 10.5 Å². The highest BCUT2D eigenvalue weighted by atomic mass is 16.6. The van der Waals surface area contributed by atoms with E-state index in [-0.39, 0.29) is 11.7 Å². The van der Waals surface area contributed by atoms with Crippen LogP contribution >= 0.6 is 0 Å². The fourth-order valence-electron chi connectivity index (χ4n) is 1.61. The number of benzene rings is 1. The minimum Gasteiger partial charge on any atom is -0.388 e. The van der Waals surface area contributed by atoms with Gasteiger partial charge in [0.25, 0.3) is 6.02 Å². The molecule has 0 spiro atoms. The molecule has 2 aromatic rings. The first-order valence-electron chi connectivity index (χ1n) is 5.19. The summed E-state index contributed by atoms with van der Waals surface area (Å²) < 4.78 is 10.1. The molecule has 1 aliphatic rings. The first kappa shape index (κ1) is 9.83. The number of rotatable bonds is 1. The second-order valence-electron chi connectivity index (χ2n) is 3.53. The molecule has 0 unspecified atom stereocenters. The number of nitrogens with zero attached hydrogens (tertiary/aromatic N) is 2. The van der Waals surface area contributed by atoms with Crippen molar-refractivity contribution < 1.29 is 14.1 Å². The van der Waals surface area contributed by atoms with Crippen LogP contribution in [0.25, 0.3) is 11.0 Å². The van der Waals surface area contributed by atoms with Crippen molar-refractivity contribution >= 4 is 23.0 Å². The zero-order valence-corrected chi connectivity index (χ0v) is 8.84. The van der Waals surface area contributed by atoms with E-state index in [9.17, 15) is 4.79 Å². The first-order chi connectivity index (χ1) is 8.34. The van der Waals surface area contributed by atoms with Gasteiger partial charge in [-0.1, -0.05) is 17.3 Å². The number of esters is 1. The number of amidine groups is 1. The molecule has 2 heterocycles. The number of para-hydroxylation sites is 1. The Morgan fingerprint density at radius 2 is 2.29 bits per heavy atom. The molecule has 0 saturated carbocycles. The number of hydrogen-bond donors (Lipinski definition) is 1. The molecule has 0 radical (unpaired) electrons. The van der Waals surface area contributed by atoms with E-state index in [2.05, 4.69) is 15.5 Å². The third-order valence-corrected chi connectivity index (χ3v) is 2.40. The Morgan fingerprint density at radius 1 is 1.41 bits per heavy atom. The lowest BCUT2D eigenvalue weighted by molar-refractivity contribution is 0.0701. The topological polar surface area (TPSA) is 76.7 Å². The molecule has 3 rings (SSSR count). The number of nitrogens with one attached hydrogen (secondary N) is 1. The van der Waals surface area contributed by atoms with Crippen LogP contribution in [-0.4, -0.2) is 30.2 Å². The molecule has 0 amide bonds. The van der Waals surface area contributed by atoms with E-state index in [1.165, 1.54) is 0 Å². The second kappa shape index (κ2) is 3.89. The molecular weight excluding hydrogens is 222 g/mol. The quantitative estimate of drug-likeness (QED) is 0.739. The molecule has 17 heavy (non-hydrogen) atoms. The molecular formula is C11H9N3O3. The fraction of sp³-hybridized carbons (Fsp3) is 0.182. The molecule has 6 nitrogen and oxygen atoms in total. The smallest absolute Gasteiger partial charge is 0.368 e. The summed E-state index contributed by atoms with van der Waals surface area (Å²) in [5.41, 5.74) is 0.720. The van der Waals surface area contributed by atoms with Crippen molar-refractivity contribution in [3.63, 3.8) is 0 Å². The van der Waals surface area contributed by atoms with Gasteiger partial charge >= 0.3 is 5.97 Å². The lowest BCUT2D eigenvalue weighted by Crippen LogP contribution is -2.24. The highest BCUT2D eigenvalue weighted by Gasteiger charge is 2.20. The summed E-state index contributed by atoms with van der Waals surface area (Å²) in [7, 11) is 0. The lowest BCUT2D eigenvalue weighted by atomic mass is 10.2. The number of carbonyl (C=O) groups excluding carboxylic acids is 1. The molecule has 0 bridgehead atoms. The normalized spacial score (nSPS) is 14.5. The van der Waals surface area contributed by atoms with E-state index < -0.39 is 5.97 Å². The van der Waals surface area contributed by atoms with Crippen molar-refractivity contribution in [3.05, 3.63) is 30.0 Å². The van der Waals surface area contributed by atoms with Gasteiger partial charge in [0.15, 0.2) is 11.3 Å². The summed E-state index contributed by atoms with van der Waals surface area (Å²) in [6.45, 7) is 1.30. The van der Waals surface area contributed by atoms with Gasteiger partial charge in [-0.15, -0.1) is 0 Å². The highest BCUT2D eigenvalue weighted by molar-refractivity contribution is 6.05. The van der Waals surface area contributed by atoms with Crippen molar-refractivity contribution in [1.29, 1.82) is 0 Å². The van der Waals surface area contributed by atoms with Crippen molar-refractivity contribution in [2.24, 2.45) is 4.99 Å². The molecule has 0 fully saturated rings. The van der Waals surface area contributed by atoms with E-state index in [4.69, 9.17) is 9.26 Å². The van der Waals surface area contributed by atoms with Crippen LogP contribution in [0, 0.1) is 0 Å². The Kier molecular flexibility index (Phi) is 2.25. The van der Waals surface area contributed by atoms with Gasteiger partial charge < -0.3 is 14.6 Å². The van der Waals surface area contributed by atoms with Gasteiger partial charge in [0.05, 0.1) is 11.9 Å². The molecule has 1 N–H and O–H groups in total. The van der Waals surface area contributed by atoms with Crippen LogP contribution < -0.4 is 5.32 Å². The zero-order valence-electron chi connectivity index (χ0n) is 8.84. The highest BCUT2D eigenvalue weighted by Crippen LogP contribution is 2.18. The van der Waals surface area contributed by atoms with Crippen LogP contribution in [0.2, 0.25) is 0 Å². The fourth-order valence-corrected chi connectivity index (χ4v) is 1.61. The largest absolute Gasteiger partial charge is 0.388 e. The number of fused-ring (bicyclic) bond motifs is 1. The van der Waals surface area contributed by atoms with Gasteiger partial charge in [-0.2, -0.15) is 0 Å². The maximum Gasteiger partial charge on any atom is 0.368 e. The third-order valence-electron chi connectivity index (χ3n) is 2.40. The van der Waals surface area contributed by atoms with E-state index in [1.807, 2.05) is 12.1 Å². The summed E-state index contributed by atoms with van der Waals surface area (Å²) in [6.07, 6.45) is 0. The summed E-state index contributed by atoms with van der Waals surface area (Å²) in [5, 5.41) is 7.19. The van der Waals surface area contributed by atoms with Crippen LogP contribution in [0.1, 0.15) is 10.5 Å². The summed E-state index contributed by atoms with van der Waals surface area (Å²) in [5.74, 6) is -0.567. The van der Waals surface area contributed by atoms with Crippen LogP contribution in [0.4, 0.5) is 0 Å². The van der Waals surface area contributed by atoms with Gasteiger partial charge in [-0.25, -0.2) is 9.79 Å². The summed E-state index contributed by atoms with van der Waals surface area (Å²) in [4.78, 5) is 15.8. The first-order valence-corrected chi connectivity index (χ1v) is 5.19. The monoisotopic (exact) mass is 231 g/mol. The van der Waals surface area contributed by atoms with E-state index in [0.29, 0.717) is 24.1 Å².